The molecule has 1 saturated carbocycles. The third-order valence-electron chi connectivity index (χ3n) is 5.70. The average molecular weight is 469 g/mol. The number of aryl methyl sites for hydroxylation is 1. The van der Waals surface area contributed by atoms with E-state index in [4.69, 9.17) is 10.5 Å². The number of azo groups is 1. The first-order valence-electron chi connectivity index (χ1n) is 10.9. The Morgan fingerprint density at radius 3 is 2.52 bits per heavy atom. The van der Waals surface area contributed by atoms with Crippen molar-refractivity contribution < 1.29 is 13.2 Å². The second kappa shape index (κ2) is 9.72. The molecule has 9 nitrogen and oxygen atoms in total. The standard InChI is InChI=1S/C23H28N6O3S/c1-16-22(23(24)29(27-16)18-11-7-4-8-12-18)26-25-20-15-19(32-2)13-14-21(20)33(30,31)28-17-9-5-3-6-10-17/h4,7-8,11-15,17,28H,3,5-6,9-10,24H2,1-2H3/b26-25+. The van der Waals surface area contributed by atoms with Gasteiger partial charge in [-0.15, -0.1) is 10.2 Å². The van der Waals surface area contributed by atoms with Gasteiger partial charge in [0.05, 0.1) is 18.5 Å². The quantitative estimate of drug-likeness (QED) is 0.482. The molecule has 0 spiro atoms. The highest BCUT2D eigenvalue weighted by molar-refractivity contribution is 7.89. The van der Waals surface area contributed by atoms with Crippen molar-refractivity contribution >= 4 is 27.2 Å². The fourth-order valence-electron chi connectivity index (χ4n) is 3.96. The minimum absolute atomic E-state index is 0.0456. The number of methoxy groups -OCH3 is 1. The van der Waals surface area contributed by atoms with Crippen LogP contribution in [0.2, 0.25) is 0 Å². The molecule has 1 aliphatic carbocycles. The number of aromatic nitrogens is 2. The van der Waals surface area contributed by atoms with Crippen LogP contribution in [0.15, 0.2) is 63.7 Å². The smallest absolute Gasteiger partial charge is 0.243 e. The fraction of sp³-hybridized carbons (Fsp3) is 0.348. The highest BCUT2D eigenvalue weighted by Crippen LogP contribution is 2.34. The van der Waals surface area contributed by atoms with Gasteiger partial charge in [0.25, 0.3) is 0 Å². The van der Waals surface area contributed by atoms with Crippen molar-refractivity contribution in [2.75, 3.05) is 12.8 Å². The Kier molecular flexibility index (Phi) is 6.75. The first kappa shape index (κ1) is 22.9. The van der Waals surface area contributed by atoms with Crippen LogP contribution in [0.3, 0.4) is 0 Å². The largest absolute Gasteiger partial charge is 0.497 e. The number of benzene rings is 2. The summed E-state index contributed by atoms with van der Waals surface area (Å²) in [6.45, 7) is 1.78. The number of nitrogens with two attached hydrogens (primary N) is 1. The van der Waals surface area contributed by atoms with E-state index in [1.807, 2.05) is 30.3 Å². The first-order chi connectivity index (χ1) is 15.9. The van der Waals surface area contributed by atoms with Crippen LogP contribution in [0.5, 0.6) is 5.75 Å². The number of hydrogen-bond acceptors (Lipinski definition) is 7. The minimum atomic E-state index is -3.79. The maximum Gasteiger partial charge on any atom is 0.243 e. The molecule has 174 valence electrons. The topological polar surface area (TPSA) is 124 Å². The Balaban J connectivity index is 1.69. The van der Waals surface area contributed by atoms with Crippen LogP contribution in [0.25, 0.3) is 5.69 Å². The molecule has 3 aromatic rings. The number of anilines is 1. The van der Waals surface area contributed by atoms with Crippen molar-refractivity contribution in [3.63, 3.8) is 0 Å². The predicted molar refractivity (Wildman–Crippen MR) is 127 cm³/mol. The lowest BCUT2D eigenvalue weighted by Crippen LogP contribution is -2.36. The van der Waals surface area contributed by atoms with Crippen LogP contribution < -0.4 is 15.2 Å². The lowest BCUT2D eigenvalue weighted by molar-refractivity contribution is 0.411. The summed E-state index contributed by atoms with van der Waals surface area (Å²) in [5.74, 6) is 0.792. The van der Waals surface area contributed by atoms with E-state index in [9.17, 15) is 8.42 Å². The molecule has 1 heterocycles. The molecule has 1 aliphatic rings. The second-order valence-electron chi connectivity index (χ2n) is 8.06. The van der Waals surface area contributed by atoms with Crippen LogP contribution in [-0.2, 0) is 10.0 Å². The van der Waals surface area contributed by atoms with Gasteiger partial charge in [0.15, 0.2) is 11.5 Å². The molecule has 4 rings (SSSR count). The molecule has 3 N–H and O–H groups in total. The number of nitrogens with one attached hydrogen (secondary N) is 1. The molecule has 1 fully saturated rings. The SMILES string of the molecule is COc1ccc(S(=O)(=O)NC2CCCCC2)c(/N=N/c2c(C)nn(-c3ccccc3)c2N)c1. The molecule has 0 atom stereocenters. The molecule has 0 radical (unpaired) electrons. The summed E-state index contributed by atoms with van der Waals surface area (Å²) in [4.78, 5) is 0.0456. The molecule has 0 amide bonds. The van der Waals surface area contributed by atoms with E-state index in [2.05, 4.69) is 20.0 Å². The number of hydrogen-bond donors (Lipinski definition) is 2. The summed E-state index contributed by atoms with van der Waals surface area (Å²) in [5, 5.41) is 13.0. The molecular weight excluding hydrogens is 440 g/mol. The third-order valence-corrected chi connectivity index (χ3v) is 7.27. The zero-order chi connectivity index (χ0) is 23.4. The molecule has 0 bridgehead atoms. The number of sulfonamides is 1. The van der Waals surface area contributed by atoms with Crippen LogP contribution >= 0.6 is 0 Å². The molecule has 0 unspecified atom stereocenters. The summed E-state index contributed by atoms with van der Waals surface area (Å²) in [7, 11) is -2.28. The van der Waals surface area contributed by atoms with E-state index >= 15 is 0 Å². The number of nitrogens with zero attached hydrogens (tertiary/aromatic N) is 4. The van der Waals surface area contributed by atoms with Gasteiger partial charge in [0.2, 0.25) is 10.0 Å². The van der Waals surface area contributed by atoms with Gasteiger partial charge in [-0.05, 0) is 44.0 Å². The van der Waals surface area contributed by atoms with E-state index in [-0.39, 0.29) is 16.6 Å². The maximum atomic E-state index is 13.2. The number of rotatable bonds is 7. The van der Waals surface area contributed by atoms with Crippen molar-refractivity contribution in [2.45, 2.75) is 50.0 Å². The van der Waals surface area contributed by atoms with Crippen LogP contribution in [0.4, 0.5) is 17.2 Å². The molecule has 1 aromatic heterocycles. The molecule has 10 heteroatoms. The normalized spacial score (nSPS) is 15.2. The molecule has 33 heavy (non-hydrogen) atoms. The first-order valence-corrected chi connectivity index (χ1v) is 12.4. The highest BCUT2D eigenvalue weighted by atomic mass is 32.2. The number of para-hydroxylation sites is 1. The Hall–Kier alpha value is -3.24. The van der Waals surface area contributed by atoms with Gasteiger partial charge in [0, 0.05) is 12.1 Å². The fourth-order valence-corrected chi connectivity index (χ4v) is 5.39. The van der Waals surface area contributed by atoms with Gasteiger partial charge in [-0.2, -0.15) is 5.10 Å². The minimum Gasteiger partial charge on any atom is -0.497 e. The van der Waals surface area contributed by atoms with E-state index in [0.717, 1.165) is 37.8 Å². The second-order valence-corrected chi connectivity index (χ2v) is 9.74. The van der Waals surface area contributed by atoms with Crippen molar-refractivity contribution in [1.82, 2.24) is 14.5 Å². The highest BCUT2D eigenvalue weighted by Gasteiger charge is 2.25. The number of nitrogen functional groups attached to an aromatic ring is 1. The summed E-state index contributed by atoms with van der Waals surface area (Å²) in [5.41, 5.74) is 8.21. The summed E-state index contributed by atoms with van der Waals surface area (Å²) < 4.78 is 36.0. The van der Waals surface area contributed by atoms with E-state index in [0.29, 0.717) is 22.9 Å². The average Bonchev–Trinajstić information content (AvgIpc) is 3.11. The zero-order valence-electron chi connectivity index (χ0n) is 18.7. The van der Waals surface area contributed by atoms with Crippen molar-refractivity contribution in [3.05, 3.63) is 54.2 Å². The van der Waals surface area contributed by atoms with Crippen LogP contribution in [0.1, 0.15) is 37.8 Å². The van der Waals surface area contributed by atoms with Gasteiger partial charge in [-0.3, -0.25) is 0 Å². The zero-order valence-corrected chi connectivity index (χ0v) is 19.5. The van der Waals surface area contributed by atoms with Gasteiger partial charge in [0.1, 0.15) is 16.3 Å². The van der Waals surface area contributed by atoms with Gasteiger partial charge in [-0.1, -0.05) is 37.5 Å². The summed E-state index contributed by atoms with van der Waals surface area (Å²) in [6.07, 6.45) is 4.84. The van der Waals surface area contributed by atoms with Crippen LogP contribution in [0, 0.1) is 6.92 Å². The van der Waals surface area contributed by atoms with Crippen molar-refractivity contribution in [1.29, 1.82) is 0 Å². The summed E-state index contributed by atoms with van der Waals surface area (Å²) >= 11 is 0. The van der Waals surface area contributed by atoms with Gasteiger partial charge >= 0.3 is 0 Å². The Labute approximate surface area is 193 Å². The van der Waals surface area contributed by atoms with Gasteiger partial charge < -0.3 is 10.5 Å². The summed E-state index contributed by atoms with van der Waals surface area (Å²) in [6, 6.07) is 14.0. The Bertz CT molecular complexity index is 1250. The van der Waals surface area contributed by atoms with Gasteiger partial charge in [-0.25, -0.2) is 17.8 Å². The third kappa shape index (κ3) is 5.07. The predicted octanol–water partition coefficient (Wildman–Crippen LogP) is 4.80. The Morgan fingerprint density at radius 2 is 1.82 bits per heavy atom. The van der Waals surface area contributed by atoms with Crippen LogP contribution in [-0.4, -0.2) is 31.3 Å². The molecule has 0 aliphatic heterocycles. The molecule has 2 aromatic carbocycles. The van der Waals surface area contributed by atoms with Crippen molar-refractivity contribution in [2.24, 2.45) is 10.2 Å². The monoisotopic (exact) mass is 468 g/mol. The lowest BCUT2D eigenvalue weighted by Gasteiger charge is -2.22. The number of ether oxygens (including phenoxy) is 1. The lowest BCUT2D eigenvalue weighted by atomic mass is 9.96. The molecular formula is C23H28N6O3S. The molecule has 0 saturated heterocycles. The van der Waals surface area contributed by atoms with E-state index in [1.165, 1.54) is 13.2 Å². The van der Waals surface area contributed by atoms with E-state index in [1.54, 1.807) is 23.7 Å². The maximum absolute atomic E-state index is 13.2. The van der Waals surface area contributed by atoms with Crippen molar-refractivity contribution in [3.8, 4) is 11.4 Å². The van der Waals surface area contributed by atoms with E-state index < -0.39 is 10.0 Å². The Morgan fingerprint density at radius 1 is 1.09 bits per heavy atom.